The second-order valence-electron chi connectivity index (χ2n) is 9.02. The summed E-state index contributed by atoms with van der Waals surface area (Å²) in [6.45, 7) is 9.46. The first-order valence-electron chi connectivity index (χ1n) is 11.8. The highest BCUT2D eigenvalue weighted by Crippen LogP contribution is 2.50. The number of amides is 1. The van der Waals surface area contributed by atoms with E-state index in [2.05, 4.69) is 24.0 Å². The molecule has 2 saturated carbocycles. The second-order valence-corrected chi connectivity index (χ2v) is 9.02. The Balaban J connectivity index is 1.84. The molecule has 0 aromatic carbocycles. The van der Waals surface area contributed by atoms with Crippen molar-refractivity contribution in [3.8, 4) is 11.8 Å². The summed E-state index contributed by atoms with van der Waals surface area (Å²) < 4.78 is 0. The van der Waals surface area contributed by atoms with E-state index in [1.807, 2.05) is 38.7 Å². The van der Waals surface area contributed by atoms with E-state index in [0.717, 1.165) is 45.2 Å². The van der Waals surface area contributed by atoms with Gasteiger partial charge in [0.05, 0.1) is 12.2 Å². The first-order chi connectivity index (χ1) is 14.4. The topological polar surface area (TPSA) is 60.8 Å². The first-order valence-corrected chi connectivity index (χ1v) is 11.8. The second kappa shape index (κ2) is 12.3. The molecule has 0 heterocycles. The zero-order valence-corrected chi connectivity index (χ0v) is 19.3. The highest BCUT2D eigenvalue weighted by atomic mass is 16.3. The average molecular weight is 416 g/mol. The number of fused-ring (bicyclic) bond motifs is 1. The highest BCUT2D eigenvalue weighted by molar-refractivity contribution is 5.76. The predicted molar refractivity (Wildman–Crippen MR) is 123 cm³/mol. The van der Waals surface area contributed by atoms with Gasteiger partial charge < -0.3 is 15.1 Å². The van der Waals surface area contributed by atoms with Crippen molar-refractivity contribution in [2.75, 3.05) is 13.1 Å². The maximum Gasteiger partial charge on any atom is 0.222 e. The molecule has 0 saturated heterocycles. The maximum atomic E-state index is 12.1. The van der Waals surface area contributed by atoms with Gasteiger partial charge in [-0.2, -0.15) is 0 Å². The molecular weight excluding hydrogens is 374 g/mol. The van der Waals surface area contributed by atoms with Crippen molar-refractivity contribution in [3.63, 3.8) is 0 Å². The van der Waals surface area contributed by atoms with Gasteiger partial charge in [0.25, 0.3) is 0 Å². The van der Waals surface area contributed by atoms with Crippen LogP contribution < -0.4 is 0 Å². The Kier molecular flexibility index (Phi) is 10.1. The Morgan fingerprint density at radius 1 is 1.30 bits per heavy atom. The van der Waals surface area contributed by atoms with E-state index in [1.54, 1.807) is 0 Å². The van der Waals surface area contributed by atoms with Gasteiger partial charge >= 0.3 is 0 Å². The number of carbonyl (C=O) groups excluding carboxylic acids is 1. The summed E-state index contributed by atoms with van der Waals surface area (Å²) in [4.78, 5) is 14.0. The van der Waals surface area contributed by atoms with Gasteiger partial charge in [-0.1, -0.05) is 30.7 Å². The molecule has 0 unspecified atom stereocenters. The summed E-state index contributed by atoms with van der Waals surface area (Å²) in [6, 6.07) is 0. The normalized spacial score (nSPS) is 28.9. The quantitative estimate of drug-likeness (QED) is 0.317. The average Bonchev–Trinajstić information content (AvgIpc) is 3.24. The molecule has 2 aliphatic carbocycles. The molecule has 0 aromatic heterocycles. The number of aliphatic hydroxyl groups excluding tert-OH is 2. The van der Waals surface area contributed by atoms with Crippen LogP contribution in [0.2, 0.25) is 0 Å². The molecule has 0 aromatic rings. The lowest BCUT2D eigenvalue weighted by atomic mass is 9.89. The Morgan fingerprint density at radius 3 is 2.70 bits per heavy atom. The summed E-state index contributed by atoms with van der Waals surface area (Å²) in [6.07, 6.45) is 11.6. The van der Waals surface area contributed by atoms with Crippen molar-refractivity contribution in [2.24, 2.45) is 23.7 Å². The smallest absolute Gasteiger partial charge is 0.222 e. The van der Waals surface area contributed by atoms with E-state index in [9.17, 15) is 15.0 Å². The predicted octanol–water partition coefficient (Wildman–Crippen LogP) is 4.33. The van der Waals surface area contributed by atoms with Crippen LogP contribution in [0.15, 0.2) is 23.8 Å². The van der Waals surface area contributed by atoms with Gasteiger partial charge in [-0.25, -0.2) is 0 Å². The summed E-state index contributed by atoms with van der Waals surface area (Å²) in [5, 5.41) is 20.9. The van der Waals surface area contributed by atoms with Crippen LogP contribution in [0.3, 0.4) is 0 Å². The Bertz CT molecular complexity index is 668. The lowest BCUT2D eigenvalue weighted by Crippen LogP contribution is -2.30. The lowest BCUT2D eigenvalue weighted by Gasteiger charge is -2.19. The molecular formula is C26H41NO3. The molecule has 30 heavy (non-hydrogen) atoms. The van der Waals surface area contributed by atoms with Crippen LogP contribution in [0, 0.1) is 35.5 Å². The van der Waals surface area contributed by atoms with Gasteiger partial charge in [-0.05, 0) is 70.6 Å². The summed E-state index contributed by atoms with van der Waals surface area (Å²) in [5.41, 5.74) is 1.48. The molecule has 2 fully saturated rings. The van der Waals surface area contributed by atoms with Crippen LogP contribution in [0.1, 0.15) is 72.6 Å². The van der Waals surface area contributed by atoms with Crippen molar-refractivity contribution in [2.45, 2.75) is 84.8 Å². The van der Waals surface area contributed by atoms with E-state index in [4.69, 9.17) is 0 Å². The largest absolute Gasteiger partial charge is 0.392 e. The molecule has 0 radical (unpaired) electrons. The van der Waals surface area contributed by atoms with Crippen molar-refractivity contribution < 1.29 is 15.0 Å². The highest BCUT2D eigenvalue weighted by Gasteiger charge is 2.44. The van der Waals surface area contributed by atoms with Crippen LogP contribution in [-0.2, 0) is 4.79 Å². The van der Waals surface area contributed by atoms with Crippen LogP contribution >= 0.6 is 0 Å². The zero-order chi connectivity index (χ0) is 22.1. The summed E-state index contributed by atoms with van der Waals surface area (Å²) >= 11 is 0. The fraction of sp³-hybridized carbons (Fsp3) is 0.731. The third-order valence-electron chi connectivity index (χ3n) is 6.97. The number of hydrogen-bond donors (Lipinski definition) is 2. The minimum atomic E-state index is -0.517. The number of hydrogen-bond acceptors (Lipinski definition) is 3. The monoisotopic (exact) mass is 415 g/mol. The standard InChI is InChI=1S/C26H41NO3/c1-5-8-11-19(4)24(28)15-14-22-23-17-20(16-21(23)18-25(22)29)12-9-10-13-26(30)27(6-2)7-3/h12,14-15,19,21-25,28-29H,6-7,9-11,13,16-18H2,1-4H3/b15-14+,20-12+/t19-,21+,22-,23+,24-,25-/m1/s1. The number of rotatable bonds is 10. The number of unbranched alkanes of at least 4 members (excludes halogenated alkanes) is 1. The maximum absolute atomic E-state index is 12.1. The third kappa shape index (κ3) is 6.72. The minimum Gasteiger partial charge on any atom is -0.392 e. The summed E-state index contributed by atoms with van der Waals surface area (Å²) in [7, 11) is 0. The van der Waals surface area contributed by atoms with Gasteiger partial charge in [-0.3, -0.25) is 4.79 Å². The van der Waals surface area contributed by atoms with Crippen molar-refractivity contribution in [3.05, 3.63) is 23.8 Å². The van der Waals surface area contributed by atoms with Crippen LogP contribution in [0.25, 0.3) is 0 Å². The molecule has 1 amide bonds. The van der Waals surface area contributed by atoms with Crippen LogP contribution in [-0.4, -0.2) is 46.3 Å². The van der Waals surface area contributed by atoms with E-state index in [-0.39, 0.29) is 23.8 Å². The molecule has 4 heteroatoms. The van der Waals surface area contributed by atoms with Gasteiger partial charge in [-0.15, -0.1) is 11.8 Å². The first kappa shape index (κ1) is 24.7. The fourth-order valence-corrected chi connectivity index (χ4v) is 5.05. The number of allylic oxidation sites excluding steroid dienone is 2. The van der Waals surface area contributed by atoms with Crippen molar-refractivity contribution in [1.82, 2.24) is 4.90 Å². The molecule has 2 N–H and O–H groups in total. The third-order valence-corrected chi connectivity index (χ3v) is 6.97. The SMILES string of the molecule is CC#CC[C@@H](C)[C@H](O)/C=C/[C@@H]1[C@H]2C/C(=C/CCCC(=O)N(CC)CC)C[C@H]2C[C@H]1O. The van der Waals surface area contributed by atoms with Crippen LogP contribution in [0.4, 0.5) is 0 Å². The molecule has 168 valence electrons. The van der Waals surface area contributed by atoms with Crippen LogP contribution in [0.5, 0.6) is 0 Å². The Labute approximate surface area is 183 Å². The number of nitrogens with zero attached hydrogens (tertiary/aromatic N) is 1. The molecule has 2 aliphatic rings. The molecule has 2 rings (SSSR count). The molecule has 0 aliphatic heterocycles. The Hall–Kier alpha value is -1.57. The molecule has 4 nitrogen and oxygen atoms in total. The van der Waals surface area contributed by atoms with Gasteiger partial charge in [0.1, 0.15) is 0 Å². The molecule has 0 bridgehead atoms. The number of carbonyl (C=O) groups is 1. The number of aliphatic hydroxyl groups is 2. The summed E-state index contributed by atoms with van der Waals surface area (Å²) in [5.74, 6) is 7.40. The van der Waals surface area contributed by atoms with Gasteiger partial charge in [0, 0.05) is 31.8 Å². The van der Waals surface area contributed by atoms with E-state index in [1.165, 1.54) is 5.57 Å². The van der Waals surface area contributed by atoms with E-state index in [0.29, 0.717) is 24.7 Å². The lowest BCUT2D eigenvalue weighted by molar-refractivity contribution is -0.130. The van der Waals surface area contributed by atoms with Gasteiger partial charge in [0.15, 0.2) is 0 Å². The molecule has 6 atom stereocenters. The Morgan fingerprint density at radius 2 is 2.03 bits per heavy atom. The molecule has 0 spiro atoms. The van der Waals surface area contributed by atoms with Crippen molar-refractivity contribution >= 4 is 5.91 Å². The van der Waals surface area contributed by atoms with Crippen molar-refractivity contribution in [1.29, 1.82) is 0 Å². The van der Waals surface area contributed by atoms with Gasteiger partial charge in [0.2, 0.25) is 5.91 Å². The fourth-order valence-electron chi connectivity index (χ4n) is 5.05. The van der Waals surface area contributed by atoms with E-state index < -0.39 is 6.10 Å². The van der Waals surface area contributed by atoms with E-state index >= 15 is 0 Å². The zero-order valence-electron chi connectivity index (χ0n) is 19.3. The minimum absolute atomic E-state index is 0.0983.